The van der Waals surface area contributed by atoms with Crippen LogP contribution in [0.5, 0.6) is 0 Å². The fourth-order valence-electron chi connectivity index (χ4n) is 3.11. The van der Waals surface area contributed by atoms with Gasteiger partial charge in [-0.3, -0.25) is 0 Å². The lowest BCUT2D eigenvalue weighted by atomic mass is 10.2. The van der Waals surface area contributed by atoms with E-state index < -0.39 is 0 Å². The van der Waals surface area contributed by atoms with Crippen LogP contribution < -0.4 is 4.90 Å². The number of nitrogens with zero attached hydrogens (tertiary/aromatic N) is 2. The average Bonchev–Trinajstić information content (AvgIpc) is 2.89. The summed E-state index contributed by atoms with van der Waals surface area (Å²) >= 11 is 0. The summed E-state index contributed by atoms with van der Waals surface area (Å²) in [4.78, 5) is 2.14. The van der Waals surface area contributed by atoms with E-state index in [4.69, 9.17) is 0 Å². The number of benzene rings is 3. The zero-order chi connectivity index (χ0) is 15.1. The molecule has 1 heterocycles. The number of hydrogen-bond acceptors (Lipinski definition) is 1. The second-order valence-electron chi connectivity index (χ2n) is 5.78. The third-order valence-electron chi connectivity index (χ3n) is 4.18. The quantitative estimate of drug-likeness (QED) is 0.511. The summed E-state index contributed by atoms with van der Waals surface area (Å²) in [5.41, 5.74) is 4.90. The number of anilines is 1. The zero-order valence-electron chi connectivity index (χ0n) is 12.8. The van der Waals surface area contributed by atoms with Crippen molar-refractivity contribution in [3.05, 3.63) is 72.8 Å². The molecule has 0 aliphatic rings. The molecular formula is C20H18N2. The second kappa shape index (κ2) is 4.92. The van der Waals surface area contributed by atoms with E-state index in [-0.39, 0.29) is 0 Å². The number of hydrogen-bond donors (Lipinski definition) is 0. The molecule has 0 bridgehead atoms. The molecule has 0 N–H and O–H groups in total. The van der Waals surface area contributed by atoms with Crippen LogP contribution in [0, 0.1) is 0 Å². The largest absolute Gasteiger partial charge is 0.378 e. The van der Waals surface area contributed by atoms with Gasteiger partial charge in [-0.25, -0.2) is 0 Å². The van der Waals surface area contributed by atoms with Gasteiger partial charge in [-0.15, -0.1) is 0 Å². The first-order valence-corrected chi connectivity index (χ1v) is 7.51. The number of para-hydroxylation sites is 2. The van der Waals surface area contributed by atoms with Gasteiger partial charge in [-0.1, -0.05) is 42.5 Å². The SMILES string of the molecule is CN(C)c1cccc(-n2c3ccccc3c3ccccc32)c1. The molecule has 0 saturated carbocycles. The lowest BCUT2D eigenvalue weighted by molar-refractivity contribution is 1.11. The van der Waals surface area contributed by atoms with E-state index in [1.54, 1.807) is 0 Å². The summed E-state index contributed by atoms with van der Waals surface area (Å²) in [6, 6.07) is 25.9. The van der Waals surface area contributed by atoms with Crippen LogP contribution in [0.15, 0.2) is 72.8 Å². The number of fused-ring (bicyclic) bond motifs is 3. The number of rotatable bonds is 2. The van der Waals surface area contributed by atoms with Crippen LogP contribution in [0.2, 0.25) is 0 Å². The van der Waals surface area contributed by atoms with Crippen molar-refractivity contribution in [3.8, 4) is 5.69 Å². The minimum Gasteiger partial charge on any atom is -0.378 e. The molecule has 4 rings (SSSR count). The topological polar surface area (TPSA) is 8.17 Å². The van der Waals surface area contributed by atoms with E-state index in [2.05, 4.69) is 96.4 Å². The first-order chi connectivity index (χ1) is 10.8. The van der Waals surface area contributed by atoms with Gasteiger partial charge in [0, 0.05) is 36.2 Å². The third kappa shape index (κ3) is 1.88. The molecule has 0 spiro atoms. The maximum atomic E-state index is 2.34. The van der Waals surface area contributed by atoms with E-state index in [1.165, 1.54) is 33.2 Å². The summed E-state index contributed by atoms with van der Waals surface area (Å²) in [7, 11) is 4.15. The van der Waals surface area contributed by atoms with Crippen molar-refractivity contribution in [3.63, 3.8) is 0 Å². The first-order valence-electron chi connectivity index (χ1n) is 7.51. The second-order valence-corrected chi connectivity index (χ2v) is 5.78. The molecule has 0 atom stereocenters. The van der Waals surface area contributed by atoms with Crippen LogP contribution in [-0.4, -0.2) is 18.7 Å². The molecule has 108 valence electrons. The van der Waals surface area contributed by atoms with Gasteiger partial charge in [0.25, 0.3) is 0 Å². The van der Waals surface area contributed by atoms with Crippen LogP contribution in [0.25, 0.3) is 27.5 Å². The maximum absolute atomic E-state index is 2.34. The van der Waals surface area contributed by atoms with Gasteiger partial charge in [-0.2, -0.15) is 0 Å². The Morgan fingerprint density at radius 1 is 0.682 bits per heavy atom. The Bertz CT molecular complexity index is 910. The van der Waals surface area contributed by atoms with E-state index in [0.717, 1.165) is 0 Å². The predicted molar refractivity (Wildman–Crippen MR) is 95.1 cm³/mol. The molecule has 0 radical (unpaired) electrons. The van der Waals surface area contributed by atoms with Gasteiger partial charge in [0.15, 0.2) is 0 Å². The molecule has 0 fully saturated rings. The standard InChI is InChI=1S/C20H18N2/c1-21(2)15-8-7-9-16(14-15)22-19-12-5-3-10-17(19)18-11-4-6-13-20(18)22/h3-14H,1-2H3. The summed E-state index contributed by atoms with van der Waals surface area (Å²) in [5.74, 6) is 0. The smallest absolute Gasteiger partial charge is 0.0541 e. The van der Waals surface area contributed by atoms with Gasteiger partial charge in [0.05, 0.1) is 11.0 Å². The van der Waals surface area contributed by atoms with Crippen molar-refractivity contribution >= 4 is 27.5 Å². The van der Waals surface area contributed by atoms with Crippen molar-refractivity contribution < 1.29 is 0 Å². The van der Waals surface area contributed by atoms with E-state index in [1.807, 2.05) is 0 Å². The lowest BCUT2D eigenvalue weighted by Gasteiger charge is -2.15. The van der Waals surface area contributed by atoms with Crippen molar-refractivity contribution in [2.45, 2.75) is 0 Å². The first kappa shape index (κ1) is 13.0. The van der Waals surface area contributed by atoms with E-state index in [9.17, 15) is 0 Å². The van der Waals surface area contributed by atoms with E-state index >= 15 is 0 Å². The lowest BCUT2D eigenvalue weighted by Crippen LogP contribution is -2.09. The normalized spacial score (nSPS) is 11.2. The molecule has 0 amide bonds. The van der Waals surface area contributed by atoms with Crippen LogP contribution in [-0.2, 0) is 0 Å². The Morgan fingerprint density at radius 3 is 1.86 bits per heavy atom. The molecule has 0 aliphatic carbocycles. The summed E-state index contributed by atoms with van der Waals surface area (Å²) in [6.45, 7) is 0. The molecule has 3 aromatic carbocycles. The monoisotopic (exact) mass is 286 g/mol. The zero-order valence-corrected chi connectivity index (χ0v) is 12.8. The molecule has 0 unspecified atom stereocenters. The van der Waals surface area contributed by atoms with Crippen LogP contribution in [0.3, 0.4) is 0 Å². The minimum absolute atomic E-state index is 1.20. The van der Waals surface area contributed by atoms with Gasteiger partial charge >= 0.3 is 0 Å². The molecule has 0 saturated heterocycles. The highest BCUT2D eigenvalue weighted by Crippen LogP contribution is 2.32. The highest BCUT2D eigenvalue weighted by Gasteiger charge is 2.11. The van der Waals surface area contributed by atoms with Crippen LogP contribution in [0.4, 0.5) is 5.69 Å². The highest BCUT2D eigenvalue weighted by atomic mass is 15.1. The average molecular weight is 286 g/mol. The summed E-state index contributed by atoms with van der Waals surface area (Å²) in [5, 5.41) is 2.60. The molecular weight excluding hydrogens is 268 g/mol. The Kier molecular flexibility index (Phi) is 2.90. The van der Waals surface area contributed by atoms with Gasteiger partial charge in [0.1, 0.15) is 0 Å². The Balaban J connectivity index is 2.11. The summed E-state index contributed by atoms with van der Waals surface area (Å²) in [6.07, 6.45) is 0. The Morgan fingerprint density at radius 2 is 1.27 bits per heavy atom. The van der Waals surface area contributed by atoms with Crippen molar-refractivity contribution in [1.82, 2.24) is 4.57 Å². The minimum atomic E-state index is 1.20. The fraction of sp³-hybridized carbons (Fsp3) is 0.100. The third-order valence-corrected chi connectivity index (χ3v) is 4.18. The Labute approximate surface area is 130 Å². The van der Waals surface area contributed by atoms with Crippen molar-refractivity contribution in [2.75, 3.05) is 19.0 Å². The molecule has 2 heteroatoms. The van der Waals surface area contributed by atoms with E-state index in [0.29, 0.717) is 0 Å². The highest BCUT2D eigenvalue weighted by molar-refractivity contribution is 6.09. The van der Waals surface area contributed by atoms with Crippen molar-refractivity contribution in [1.29, 1.82) is 0 Å². The van der Waals surface area contributed by atoms with Gasteiger partial charge < -0.3 is 9.47 Å². The molecule has 22 heavy (non-hydrogen) atoms. The van der Waals surface area contributed by atoms with Crippen molar-refractivity contribution in [2.24, 2.45) is 0 Å². The summed E-state index contributed by atoms with van der Waals surface area (Å²) < 4.78 is 2.34. The number of aromatic nitrogens is 1. The van der Waals surface area contributed by atoms with Crippen LogP contribution >= 0.6 is 0 Å². The maximum Gasteiger partial charge on any atom is 0.0541 e. The molecule has 4 aromatic rings. The molecule has 1 aromatic heterocycles. The van der Waals surface area contributed by atoms with Gasteiger partial charge in [-0.05, 0) is 30.3 Å². The van der Waals surface area contributed by atoms with Gasteiger partial charge in [0.2, 0.25) is 0 Å². The molecule has 0 aliphatic heterocycles. The Hall–Kier alpha value is -2.74. The molecule has 2 nitrogen and oxygen atoms in total. The fourth-order valence-corrected chi connectivity index (χ4v) is 3.11. The van der Waals surface area contributed by atoms with Crippen LogP contribution in [0.1, 0.15) is 0 Å². The predicted octanol–water partition coefficient (Wildman–Crippen LogP) is 4.85.